The highest BCUT2D eigenvalue weighted by Crippen LogP contribution is 2.12. The fraction of sp³-hybridized carbons (Fsp3) is 0.0833. The van der Waals surface area contributed by atoms with Crippen LogP contribution < -0.4 is 0 Å². The Morgan fingerprint density at radius 1 is 1.35 bits per heavy atom. The van der Waals surface area contributed by atoms with Crippen molar-refractivity contribution in [1.29, 1.82) is 0 Å². The zero-order valence-corrected chi connectivity index (χ0v) is 11.3. The van der Waals surface area contributed by atoms with E-state index in [1.807, 2.05) is 17.5 Å². The van der Waals surface area contributed by atoms with E-state index in [9.17, 15) is 4.21 Å². The molecule has 5 heteroatoms. The third kappa shape index (κ3) is 4.07. The molecule has 1 aromatic carbocycles. The molecule has 2 aromatic rings. The maximum Gasteiger partial charge on any atom is 0.116 e. The SMILES string of the molecule is O=S(/C=C/c1nccs1)Cc1ccc(Cl)cc1. The highest BCUT2D eigenvalue weighted by Gasteiger charge is 1.98. The minimum Gasteiger partial charge on any atom is -0.255 e. The highest BCUT2D eigenvalue weighted by molar-refractivity contribution is 7.87. The second-order valence-electron chi connectivity index (χ2n) is 3.32. The summed E-state index contributed by atoms with van der Waals surface area (Å²) in [5.74, 6) is 0.499. The third-order valence-corrected chi connectivity index (χ3v) is 4.09. The van der Waals surface area contributed by atoms with Gasteiger partial charge < -0.3 is 0 Å². The van der Waals surface area contributed by atoms with Gasteiger partial charge in [-0.1, -0.05) is 23.7 Å². The van der Waals surface area contributed by atoms with Crippen molar-refractivity contribution in [3.05, 3.63) is 56.8 Å². The summed E-state index contributed by atoms with van der Waals surface area (Å²) in [6.45, 7) is 0. The van der Waals surface area contributed by atoms with Crippen molar-refractivity contribution in [2.45, 2.75) is 5.75 Å². The Morgan fingerprint density at radius 3 is 2.76 bits per heavy atom. The van der Waals surface area contributed by atoms with E-state index in [1.54, 1.807) is 29.8 Å². The van der Waals surface area contributed by atoms with Crippen LogP contribution in [0.1, 0.15) is 10.6 Å². The predicted molar refractivity (Wildman–Crippen MR) is 74.4 cm³/mol. The Morgan fingerprint density at radius 2 is 2.12 bits per heavy atom. The van der Waals surface area contributed by atoms with E-state index in [1.165, 1.54) is 11.3 Å². The fourth-order valence-electron chi connectivity index (χ4n) is 1.24. The lowest BCUT2D eigenvalue weighted by atomic mass is 10.2. The summed E-state index contributed by atoms with van der Waals surface area (Å²) in [5, 5.41) is 5.13. The van der Waals surface area contributed by atoms with Crippen molar-refractivity contribution in [2.24, 2.45) is 0 Å². The van der Waals surface area contributed by atoms with Crippen LogP contribution >= 0.6 is 22.9 Å². The van der Waals surface area contributed by atoms with Gasteiger partial charge in [-0.2, -0.15) is 0 Å². The van der Waals surface area contributed by atoms with Gasteiger partial charge in [0, 0.05) is 22.0 Å². The van der Waals surface area contributed by atoms with E-state index in [0.29, 0.717) is 10.8 Å². The van der Waals surface area contributed by atoms with E-state index in [4.69, 9.17) is 11.6 Å². The predicted octanol–water partition coefficient (Wildman–Crippen LogP) is 3.72. The molecule has 0 amide bonds. The second kappa shape index (κ2) is 6.10. The summed E-state index contributed by atoms with van der Waals surface area (Å²) in [4.78, 5) is 4.09. The molecule has 2 rings (SSSR count). The van der Waals surface area contributed by atoms with E-state index >= 15 is 0 Å². The van der Waals surface area contributed by atoms with Gasteiger partial charge in [0.05, 0.1) is 16.6 Å². The van der Waals surface area contributed by atoms with Crippen molar-refractivity contribution >= 4 is 39.8 Å². The van der Waals surface area contributed by atoms with E-state index in [2.05, 4.69) is 4.98 Å². The van der Waals surface area contributed by atoms with Crippen LogP contribution in [0.15, 0.2) is 41.3 Å². The van der Waals surface area contributed by atoms with Gasteiger partial charge in [-0.3, -0.25) is 4.21 Å². The molecule has 1 aromatic heterocycles. The molecular weight excluding hydrogens is 274 g/mol. The topological polar surface area (TPSA) is 30.0 Å². The monoisotopic (exact) mass is 283 g/mol. The summed E-state index contributed by atoms with van der Waals surface area (Å²) in [5.41, 5.74) is 1.01. The van der Waals surface area contributed by atoms with Gasteiger partial charge in [0.2, 0.25) is 0 Å². The Hall–Kier alpha value is -0.970. The third-order valence-electron chi connectivity index (χ3n) is 2.04. The smallest absolute Gasteiger partial charge is 0.116 e. The molecule has 0 aliphatic rings. The van der Waals surface area contributed by atoms with Gasteiger partial charge in [-0.25, -0.2) is 4.98 Å². The number of hydrogen-bond acceptors (Lipinski definition) is 3. The van der Waals surface area contributed by atoms with Crippen molar-refractivity contribution in [2.75, 3.05) is 0 Å². The van der Waals surface area contributed by atoms with Gasteiger partial charge in [0.15, 0.2) is 0 Å². The van der Waals surface area contributed by atoms with Crippen molar-refractivity contribution < 1.29 is 4.21 Å². The Labute approximate surface area is 111 Å². The molecule has 0 bridgehead atoms. The molecule has 17 heavy (non-hydrogen) atoms. The lowest BCUT2D eigenvalue weighted by Gasteiger charge is -1.98. The van der Waals surface area contributed by atoms with Crippen LogP contribution in [0.3, 0.4) is 0 Å². The zero-order valence-electron chi connectivity index (χ0n) is 8.88. The normalized spacial score (nSPS) is 13.0. The van der Waals surface area contributed by atoms with Crippen LogP contribution in [-0.2, 0) is 16.6 Å². The molecule has 0 aliphatic heterocycles. The molecule has 0 aliphatic carbocycles. The summed E-state index contributed by atoms with van der Waals surface area (Å²) < 4.78 is 11.8. The van der Waals surface area contributed by atoms with Crippen LogP contribution in [0, 0.1) is 0 Å². The summed E-state index contributed by atoms with van der Waals surface area (Å²) in [6.07, 6.45) is 3.52. The highest BCUT2D eigenvalue weighted by atomic mass is 35.5. The Balaban J connectivity index is 1.95. The molecule has 1 atom stereocenters. The number of benzene rings is 1. The van der Waals surface area contributed by atoms with E-state index in [0.717, 1.165) is 10.6 Å². The fourth-order valence-corrected chi connectivity index (χ4v) is 2.88. The lowest BCUT2D eigenvalue weighted by molar-refractivity contribution is 0.688. The first-order valence-electron chi connectivity index (χ1n) is 4.93. The van der Waals surface area contributed by atoms with Crippen molar-refractivity contribution in [3.63, 3.8) is 0 Å². The Kier molecular flexibility index (Phi) is 4.48. The largest absolute Gasteiger partial charge is 0.255 e. The van der Waals surface area contributed by atoms with Crippen LogP contribution in [-0.4, -0.2) is 9.19 Å². The average Bonchev–Trinajstić information content (AvgIpc) is 2.83. The minimum atomic E-state index is -1.02. The summed E-state index contributed by atoms with van der Waals surface area (Å²) in [7, 11) is -1.02. The van der Waals surface area contributed by atoms with E-state index < -0.39 is 10.8 Å². The van der Waals surface area contributed by atoms with Crippen LogP contribution in [0.25, 0.3) is 6.08 Å². The van der Waals surface area contributed by atoms with Gasteiger partial charge >= 0.3 is 0 Å². The number of halogens is 1. The molecule has 1 heterocycles. The number of thiazole rings is 1. The van der Waals surface area contributed by atoms with Gasteiger partial charge in [-0.05, 0) is 23.8 Å². The lowest BCUT2D eigenvalue weighted by Crippen LogP contribution is -1.90. The van der Waals surface area contributed by atoms with E-state index in [-0.39, 0.29) is 0 Å². The van der Waals surface area contributed by atoms with Gasteiger partial charge in [0.25, 0.3) is 0 Å². The maximum absolute atomic E-state index is 11.8. The number of nitrogens with zero attached hydrogens (tertiary/aromatic N) is 1. The molecular formula is C12H10ClNOS2. The zero-order chi connectivity index (χ0) is 12.1. The molecule has 0 spiro atoms. The first-order chi connectivity index (χ1) is 8.24. The van der Waals surface area contributed by atoms with Crippen molar-refractivity contribution in [3.8, 4) is 0 Å². The molecule has 0 radical (unpaired) electrons. The first kappa shape index (κ1) is 12.5. The molecule has 88 valence electrons. The quantitative estimate of drug-likeness (QED) is 0.856. The Bertz CT molecular complexity index is 520. The molecule has 0 saturated carbocycles. The van der Waals surface area contributed by atoms with Crippen LogP contribution in [0.2, 0.25) is 5.02 Å². The standard InChI is InChI=1S/C12H10ClNOS2/c13-11-3-1-10(2-4-11)9-17(15)8-5-12-14-6-7-16-12/h1-8H,9H2/b8-5+. The maximum atomic E-state index is 11.8. The minimum absolute atomic E-state index is 0.499. The molecule has 2 nitrogen and oxygen atoms in total. The number of aromatic nitrogens is 1. The molecule has 0 saturated heterocycles. The number of hydrogen-bond donors (Lipinski definition) is 0. The second-order valence-corrected chi connectivity index (χ2v) is 6.01. The summed E-state index contributed by atoms with van der Waals surface area (Å²) >= 11 is 7.30. The summed E-state index contributed by atoms with van der Waals surface area (Å²) in [6, 6.07) is 7.38. The van der Waals surface area contributed by atoms with Gasteiger partial charge in [-0.15, -0.1) is 11.3 Å². The molecule has 1 unspecified atom stereocenters. The van der Waals surface area contributed by atoms with Crippen LogP contribution in [0.5, 0.6) is 0 Å². The number of rotatable bonds is 4. The molecule has 0 fully saturated rings. The van der Waals surface area contributed by atoms with Crippen LogP contribution in [0.4, 0.5) is 0 Å². The van der Waals surface area contributed by atoms with Crippen molar-refractivity contribution in [1.82, 2.24) is 4.98 Å². The van der Waals surface area contributed by atoms with Gasteiger partial charge in [0.1, 0.15) is 5.01 Å². The first-order valence-corrected chi connectivity index (χ1v) is 7.57. The molecule has 0 N–H and O–H groups in total. The average molecular weight is 284 g/mol.